The molecule has 5 atom stereocenters. The standard InChI is InChI=1S/C31H50ClN2O3PS/c1-2-3-4-5-15-22-34(39(32,35)36)24-29-23-33(25-30(38)37-29)31(26-16-9-6-10-17-26,27-18-11-7-12-19-27)28-20-13-8-14-21-28/h9,11,13,16-18,20,27-30H,2-8,10,12,14-15,19,21-25,38H2,1H3/t27-,28-,29?,30?/m0/s1. The average Bonchev–Trinajstić information content (AvgIpc) is 2.94. The van der Waals surface area contributed by atoms with E-state index in [0.717, 1.165) is 51.5 Å². The van der Waals surface area contributed by atoms with Crippen molar-refractivity contribution in [3.8, 4) is 0 Å². The molecular formula is C31H50ClN2O3PS. The number of allylic oxidation sites excluding steroid dienone is 4. The third-order valence-corrected chi connectivity index (χ3v) is 10.9. The van der Waals surface area contributed by atoms with Crippen molar-refractivity contribution in [2.75, 3.05) is 26.2 Å². The fourth-order valence-corrected chi connectivity index (χ4v) is 8.85. The first kappa shape index (κ1) is 31.4. The average molecular weight is 597 g/mol. The topological polar surface area (TPSA) is 49.9 Å². The molecule has 4 rings (SSSR count). The lowest BCUT2D eigenvalue weighted by atomic mass is 9.62. The van der Waals surface area contributed by atoms with Gasteiger partial charge in [-0.15, -0.1) is 9.24 Å². The van der Waals surface area contributed by atoms with Crippen molar-refractivity contribution in [3.63, 3.8) is 0 Å². The zero-order valence-corrected chi connectivity index (χ0v) is 26.6. The van der Waals surface area contributed by atoms with Crippen molar-refractivity contribution in [2.45, 2.75) is 108 Å². The van der Waals surface area contributed by atoms with Gasteiger partial charge in [0, 0.05) is 36.9 Å². The normalized spacial score (nSPS) is 28.7. The Morgan fingerprint density at radius 3 is 2.26 bits per heavy atom. The Morgan fingerprint density at radius 2 is 1.69 bits per heavy atom. The summed E-state index contributed by atoms with van der Waals surface area (Å²) >= 11 is 0. The molecule has 0 spiro atoms. The molecule has 0 amide bonds. The van der Waals surface area contributed by atoms with Gasteiger partial charge in [-0.2, -0.15) is 12.7 Å². The van der Waals surface area contributed by atoms with Crippen LogP contribution in [0.5, 0.6) is 0 Å². The van der Waals surface area contributed by atoms with Crippen molar-refractivity contribution in [1.29, 1.82) is 0 Å². The molecule has 3 aliphatic carbocycles. The fourth-order valence-electron chi connectivity index (χ4n) is 7.31. The second-order valence-corrected chi connectivity index (χ2v) is 15.1. The highest BCUT2D eigenvalue weighted by Gasteiger charge is 2.52. The quantitative estimate of drug-likeness (QED) is 0.0964. The number of ether oxygens (including phenoxy) is 1. The minimum atomic E-state index is -3.83. The van der Waals surface area contributed by atoms with Gasteiger partial charge in [0.25, 0.3) is 9.24 Å². The van der Waals surface area contributed by atoms with Gasteiger partial charge in [0.05, 0.1) is 17.5 Å². The first-order valence-corrected chi connectivity index (χ1v) is 18.3. The van der Waals surface area contributed by atoms with Gasteiger partial charge >= 0.3 is 0 Å². The Kier molecular flexibility index (Phi) is 12.2. The van der Waals surface area contributed by atoms with Crippen molar-refractivity contribution in [2.24, 2.45) is 11.8 Å². The summed E-state index contributed by atoms with van der Waals surface area (Å²) in [6.07, 6.45) is 31.3. The molecule has 3 unspecified atom stereocenters. The maximum absolute atomic E-state index is 12.6. The summed E-state index contributed by atoms with van der Waals surface area (Å²) in [4.78, 5) is 2.68. The van der Waals surface area contributed by atoms with Gasteiger partial charge in [-0.3, -0.25) is 4.90 Å². The summed E-state index contributed by atoms with van der Waals surface area (Å²) in [5.41, 5.74) is 1.28. The van der Waals surface area contributed by atoms with Gasteiger partial charge in [-0.05, 0) is 75.2 Å². The van der Waals surface area contributed by atoms with Crippen LogP contribution in [0.3, 0.4) is 0 Å². The summed E-state index contributed by atoms with van der Waals surface area (Å²) in [6, 6.07) is 0. The highest BCUT2D eigenvalue weighted by Crippen LogP contribution is 2.49. The molecule has 0 aromatic heterocycles. The molecule has 5 nitrogen and oxygen atoms in total. The minimum absolute atomic E-state index is 0.0686. The Bertz CT molecular complexity index is 987. The van der Waals surface area contributed by atoms with E-state index in [0.29, 0.717) is 31.5 Å². The van der Waals surface area contributed by atoms with Crippen LogP contribution in [0.2, 0.25) is 0 Å². The summed E-state index contributed by atoms with van der Waals surface area (Å²) in [5.74, 6) is 0.756. The maximum Gasteiger partial charge on any atom is 0.299 e. The lowest BCUT2D eigenvalue weighted by Crippen LogP contribution is -2.65. The third kappa shape index (κ3) is 8.08. The monoisotopic (exact) mass is 596 g/mol. The van der Waals surface area contributed by atoms with Crippen LogP contribution in [0, 0.1) is 11.8 Å². The number of rotatable bonds is 13. The molecule has 0 N–H and O–H groups in total. The van der Waals surface area contributed by atoms with Crippen LogP contribution < -0.4 is 0 Å². The number of halogens is 1. The molecule has 1 fully saturated rings. The Morgan fingerprint density at radius 1 is 1.00 bits per heavy atom. The number of hydrogen-bond acceptors (Lipinski definition) is 4. The largest absolute Gasteiger partial charge is 0.367 e. The van der Waals surface area contributed by atoms with Crippen LogP contribution >= 0.6 is 19.9 Å². The van der Waals surface area contributed by atoms with E-state index in [2.05, 4.69) is 63.6 Å². The van der Waals surface area contributed by atoms with Gasteiger partial charge < -0.3 is 4.74 Å². The van der Waals surface area contributed by atoms with E-state index in [-0.39, 0.29) is 17.5 Å². The van der Waals surface area contributed by atoms with E-state index in [4.69, 9.17) is 15.4 Å². The molecule has 39 heavy (non-hydrogen) atoms. The molecule has 0 aromatic rings. The molecule has 1 heterocycles. The van der Waals surface area contributed by atoms with Gasteiger partial charge in [-0.25, -0.2) is 0 Å². The molecule has 220 valence electrons. The van der Waals surface area contributed by atoms with E-state index >= 15 is 0 Å². The number of hydrogen-bond donors (Lipinski definition) is 0. The summed E-state index contributed by atoms with van der Waals surface area (Å²) in [6.45, 7) is 4.45. The molecule has 8 heteroatoms. The smallest absolute Gasteiger partial charge is 0.299 e. The van der Waals surface area contributed by atoms with E-state index in [1.54, 1.807) is 0 Å². The van der Waals surface area contributed by atoms with E-state index in [1.165, 1.54) is 48.4 Å². The molecule has 0 bridgehead atoms. The Labute approximate surface area is 244 Å². The van der Waals surface area contributed by atoms with Crippen LogP contribution in [0.1, 0.15) is 90.4 Å². The van der Waals surface area contributed by atoms with E-state index < -0.39 is 9.24 Å². The lowest BCUT2D eigenvalue weighted by Gasteiger charge is -2.57. The highest BCUT2D eigenvalue weighted by atomic mass is 35.7. The van der Waals surface area contributed by atoms with Crippen LogP contribution in [0.25, 0.3) is 0 Å². The zero-order valence-electron chi connectivity index (χ0n) is 23.9. The van der Waals surface area contributed by atoms with Crippen molar-refractivity contribution >= 4 is 29.2 Å². The first-order valence-electron chi connectivity index (χ1n) is 15.4. The molecule has 0 aromatic carbocycles. The van der Waals surface area contributed by atoms with Gasteiger partial charge in [-0.1, -0.05) is 75.1 Å². The molecule has 4 aliphatic rings. The van der Waals surface area contributed by atoms with Crippen LogP contribution in [-0.2, 0) is 14.0 Å². The van der Waals surface area contributed by atoms with Crippen molar-refractivity contribution in [1.82, 2.24) is 9.21 Å². The number of unbranched alkanes of at least 4 members (excludes halogenated alkanes) is 4. The molecule has 0 saturated carbocycles. The predicted molar refractivity (Wildman–Crippen MR) is 167 cm³/mol. The molecular weight excluding hydrogens is 547 g/mol. The third-order valence-electron chi connectivity index (χ3n) is 9.04. The molecule has 0 radical (unpaired) electrons. The lowest BCUT2D eigenvalue weighted by molar-refractivity contribution is -0.0997. The summed E-state index contributed by atoms with van der Waals surface area (Å²) in [7, 11) is 5.03. The van der Waals surface area contributed by atoms with E-state index in [1.807, 2.05) is 0 Å². The molecule has 1 aliphatic heterocycles. The van der Waals surface area contributed by atoms with E-state index in [9.17, 15) is 8.42 Å². The molecule has 1 saturated heterocycles. The first-order chi connectivity index (χ1) is 18.9. The van der Waals surface area contributed by atoms with Crippen molar-refractivity contribution in [3.05, 3.63) is 48.1 Å². The second kappa shape index (κ2) is 15.1. The summed E-state index contributed by atoms with van der Waals surface area (Å²) < 4.78 is 33.1. The maximum atomic E-state index is 12.6. The van der Waals surface area contributed by atoms with Crippen molar-refractivity contribution < 1.29 is 13.2 Å². The number of nitrogens with zero attached hydrogens (tertiary/aromatic N) is 2. The van der Waals surface area contributed by atoms with Crippen LogP contribution in [-0.4, -0.2) is 61.3 Å². The van der Waals surface area contributed by atoms with Crippen LogP contribution in [0.15, 0.2) is 48.1 Å². The Hall–Kier alpha value is -0.490. The Balaban J connectivity index is 1.64. The van der Waals surface area contributed by atoms with Gasteiger partial charge in [0.15, 0.2) is 0 Å². The van der Waals surface area contributed by atoms with Gasteiger partial charge in [0.1, 0.15) is 0 Å². The fraction of sp³-hybridized carbons (Fsp3) is 0.742. The zero-order chi connectivity index (χ0) is 27.7. The predicted octanol–water partition coefficient (Wildman–Crippen LogP) is 7.37. The SMILES string of the molecule is CCCCCCCN(CC1CN(C(C2=CCCC=C2)([C@H]2C=CCCC2)[C@H]2C=CCCC2)CC(P)O1)S(=O)(=O)Cl. The van der Waals surface area contributed by atoms with Gasteiger partial charge in [0.2, 0.25) is 0 Å². The highest BCUT2D eigenvalue weighted by molar-refractivity contribution is 8.11. The number of morpholine rings is 1. The second-order valence-electron chi connectivity index (χ2n) is 11.8. The summed E-state index contributed by atoms with van der Waals surface area (Å²) in [5, 5.41) is 0. The van der Waals surface area contributed by atoms with Crippen LogP contribution in [0.4, 0.5) is 0 Å². The minimum Gasteiger partial charge on any atom is -0.367 e.